The van der Waals surface area contributed by atoms with Crippen LogP contribution in [0.3, 0.4) is 0 Å². The molecule has 4 aromatic rings. The molecule has 0 atom stereocenters. The van der Waals surface area contributed by atoms with Gasteiger partial charge in [0.15, 0.2) is 12.2 Å². The number of aromatic nitrogens is 1. The Kier molecular flexibility index (Phi) is 4.29. The van der Waals surface area contributed by atoms with E-state index in [0.29, 0.717) is 0 Å². The van der Waals surface area contributed by atoms with E-state index in [1.165, 1.54) is 44.8 Å². The van der Waals surface area contributed by atoms with Crippen LogP contribution in [0.5, 0.6) is 0 Å². The minimum Gasteiger partial charge on any atom is -0.191 e. The highest BCUT2D eigenvalue weighted by Crippen LogP contribution is 2.37. The molecule has 0 bridgehead atoms. The predicted octanol–water partition coefficient (Wildman–Crippen LogP) is 5.76. The van der Waals surface area contributed by atoms with Gasteiger partial charge in [-0.25, -0.2) is 0 Å². The van der Waals surface area contributed by atoms with Gasteiger partial charge in [0.05, 0.1) is 0 Å². The summed E-state index contributed by atoms with van der Waals surface area (Å²) >= 11 is 0. The van der Waals surface area contributed by atoms with E-state index < -0.39 is 0 Å². The molecule has 0 fully saturated rings. The van der Waals surface area contributed by atoms with E-state index in [-0.39, 0.29) is 0 Å². The molecule has 1 heteroatoms. The van der Waals surface area contributed by atoms with Crippen molar-refractivity contribution in [3.8, 4) is 22.4 Å². The van der Waals surface area contributed by atoms with E-state index in [1.807, 2.05) is 0 Å². The molecule has 0 aliphatic heterocycles. The van der Waals surface area contributed by atoms with Crippen molar-refractivity contribution in [2.24, 2.45) is 0 Å². The lowest BCUT2D eigenvalue weighted by molar-refractivity contribution is -0.683. The molecule has 0 N–H and O–H groups in total. The van der Waals surface area contributed by atoms with Gasteiger partial charge in [-0.1, -0.05) is 78.9 Å². The van der Waals surface area contributed by atoms with E-state index in [0.717, 1.165) is 19.4 Å². The average Bonchev–Trinajstić information content (AvgIpc) is 2.76. The molecule has 0 saturated heterocycles. The topological polar surface area (TPSA) is 3.88 Å². The van der Waals surface area contributed by atoms with Crippen LogP contribution in [0.25, 0.3) is 22.4 Å². The lowest BCUT2D eigenvalue weighted by Gasteiger charge is -2.22. The zero-order valence-corrected chi connectivity index (χ0v) is 16.2. The van der Waals surface area contributed by atoms with Crippen molar-refractivity contribution in [2.45, 2.75) is 26.3 Å². The molecule has 1 nitrogen and oxygen atoms in total. The molecule has 1 aromatic heterocycles. The third kappa shape index (κ3) is 2.93. The summed E-state index contributed by atoms with van der Waals surface area (Å²) in [5.74, 6) is 0. The van der Waals surface area contributed by atoms with Crippen molar-refractivity contribution in [1.82, 2.24) is 0 Å². The van der Waals surface area contributed by atoms with E-state index in [9.17, 15) is 0 Å². The largest absolute Gasteiger partial charge is 0.217 e. The van der Waals surface area contributed by atoms with E-state index >= 15 is 0 Å². The van der Waals surface area contributed by atoms with Gasteiger partial charge in [-0.05, 0) is 35.6 Å². The van der Waals surface area contributed by atoms with Crippen LogP contribution in [0.4, 0.5) is 0 Å². The lowest BCUT2D eigenvalue weighted by Crippen LogP contribution is -2.42. The van der Waals surface area contributed by atoms with E-state index in [1.54, 1.807) is 0 Å². The van der Waals surface area contributed by atoms with Gasteiger partial charge in [-0.2, -0.15) is 4.57 Å². The minimum atomic E-state index is 0.901. The summed E-state index contributed by atoms with van der Waals surface area (Å²) < 4.78 is 2.51. The number of aryl methyl sites for hydroxylation is 2. The zero-order valence-electron chi connectivity index (χ0n) is 16.2. The molecule has 0 saturated carbocycles. The van der Waals surface area contributed by atoms with Crippen molar-refractivity contribution in [3.63, 3.8) is 0 Å². The number of benzene rings is 3. The van der Waals surface area contributed by atoms with Crippen LogP contribution in [-0.2, 0) is 19.4 Å². The second-order valence-electron chi connectivity index (χ2n) is 7.62. The molecule has 1 aliphatic carbocycles. The van der Waals surface area contributed by atoms with Crippen LogP contribution < -0.4 is 4.57 Å². The Hall–Kier alpha value is -3.19. The Morgan fingerprint density at radius 2 is 1.39 bits per heavy atom. The maximum Gasteiger partial charge on any atom is 0.217 e. The molecule has 1 aliphatic rings. The smallest absolute Gasteiger partial charge is 0.191 e. The summed E-state index contributed by atoms with van der Waals surface area (Å²) in [5.41, 5.74) is 11.1. The number of hydrogen-bond donors (Lipinski definition) is 0. The molecule has 1 heterocycles. The molecule has 0 radical (unpaired) electrons. The van der Waals surface area contributed by atoms with Gasteiger partial charge in [-0.3, -0.25) is 0 Å². The second-order valence-corrected chi connectivity index (χ2v) is 7.62. The number of hydrogen-bond acceptors (Lipinski definition) is 0. The molecule has 136 valence electrons. The zero-order chi connectivity index (χ0) is 18.9. The van der Waals surface area contributed by atoms with Gasteiger partial charge < -0.3 is 0 Å². The molecule has 0 amide bonds. The third-order valence-electron chi connectivity index (χ3n) is 5.84. The molecule has 3 aromatic carbocycles. The van der Waals surface area contributed by atoms with E-state index in [2.05, 4.69) is 102 Å². The van der Waals surface area contributed by atoms with Gasteiger partial charge in [0.25, 0.3) is 0 Å². The van der Waals surface area contributed by atoms with Crippen molar-refractivity contribution in [3.05, 3.63) is 113 Å². The maximum atomic E-state index is 2.51. The second kappa shape index (κ2) is 7.09. The fraction of sp³-hybridized carbons (Fsp3) is 0.148. The molecular weight excluding hydrogens is 338 g/mol. The van der Waals surface area contributed by atoms with Crippen LogP contribution in [0, 0.1) is 6.92 Å². The number of fused-ring (bicyclic) bond motifs is 3. The van der Waals surface area contributed by atoms with Crippen LogP contribution in [0.15, 0.2) is 91.0 Å². The van der Waals surface area contributed by atoms with Crippen molar-refractivity contribution in [2.75, 3.05) is 0 Å². The molecule has 0 unspecified atom stereocenters. The Morgan fingerprint density at radius 1 is 0.714 bits per heavy atom. The van der Waals surface area contributed by atoms with Gasteiger partial charge in [-0.15, -0.1) is 0 Å². The summed E-state index contributed by atoms with van der Waals surface area (Å²) in [4.78, 5) is 0. The third-order valence-corrected chi connectivity index (χ3v) is 5.84. The summed E-state index contributed by atoms with van der Waals surface area (Å²) in [6.45, 7) is 3.14. The fourth-order valence-corrected chi connectivity index (χ4v) is 4.48. The van der Waals surface area contributed by atoms with Crippen LogP contribution in [-0.4, -0.2) is 0 Å². The number of rotatable bonds is 3. The summed E-state index contributed by atoms with van der Waals surface area (Å²) in [5, 5.41) is 0. The van der Waals surface area contributed by atoms with Gasteiger partial charge >= 0.3 is 0 Å². The highest BCUT2D eigenvalue weighted by molar-refractivity contribution is 5.77. The highest BCUT2D eigenvalue weighted by Gasteiger charge is 2.30. The Labute approximate surface area is 166 Å². The van der Waals surface area contributed by atoms with Gasteiger partial charge in [0.2, 0.25) is 5.69 Å². The molecule has 28 heavy (non-hydrogen) atoms. The first kappa shape index (κ1) is 16.9. The Bertz CT molecular complexity index is 1130. The summed E-state index contributed by atoms with van der Waals surface area (Å²) in [6, 6.07) is 32.9. The van der Waals surface area contributed by atoms with E-state index in [4.69, 9.17) is 0 Å². The average molecular weight is 362 g/mol. The molecular formula is C27H24N+. The van der Waals surface area contributed by atoms with Crippen LogP contribution in [0.2, 0.25) is 0 Å². The summed E-state index contributed by atoms with van der Waals surface area (Å²) in [6.07, 6.45) is 2.20. The van der Waals surface area contributed by atoms with Gasteiger partial charge in [0.1, 0.15) is 0 Å². The van der Waals surface area contributed by atoms with Crippen LogP contribution >= 0.6 is 0 Å². The normalized spacial score (nSPS) is 12.3. The van der Waals surface area contributed by atoms with Crippen LogP contribution in [0.1, 0.15) is 22.4 Å². The number of nitrogens with zero attached hydrogens (tertiary/aromatic N) is 1. The summed E-state index contributed by atoms with van der Waals surface area (Å²) in [7, 11) is 0. The predicted molar refractivity (Wildman–Crippen MR) is 115 cm³/mol. The Morgan fingerprint density at radius 3 is 2.18 bits per heavy atom. The number of pyridine rings is 1. The quantitative estimate of drug-likeness (QED) is 0.408. The molecule has 5 rings (SSSR count). The molecule has 0 spiro atoms. The van der Waals surface area contributed by atoms with Crippen molar-refractivity contribution in [1.29, 1.82) is 0 Å². The highest BCUT2D eigenvalue weighted by atomic mass is 15.0. The minimum absolute atomic E-state index is 0.901. The van der Waals surface area contributed by atoms with Gasteiger partial charge in [0, 0.05) is 29.7 Å². The first-order valence-corrected chi connectivity index (χ1v) is 10.1. The lowest BCUT2D eigenvalue weighted by atomic mass is 9.84. The monoisotopic (exact) mass is 362 g/mol. The Balaban J connectivity index is 1.77. The van der Waals surface area contributed by atoms with Crippen molar-refractivity contribution >= 4 is 0 Å². The standard InChI is InChI=1S/C27H24N/c1-20-18-26(22-12-6-3-7-13-22)25-17-16-23-14-8-9-15-24(23)27(25)28(20)19-21-10-4-2-5-11-21/h2-15,18H,16-17,19H2,1H3/q+1. The maximum absolute atomic E-state index is 2.51. The first-order chi connectivity index (χ1) is 13.8. The fourth-order valence-electron chi connectivity index (χ4n) is 4.48. The SMILES string of the molecule is Cc1cc(-c2ccccc2)c2c([n+]1Cc1ccccc1)-c1ccccc1CC2. The first-order valence-electron chi connectivity index (χ1n) is 10.1. The van der Waals surface area contributed by atoms with Crippen molar-refractivity contribution < 1.29 is 4.57 Å².